The lowest BCUT2D eigenvalue weighted by molar-refractivity contribution is 0.0505. The summed E-state index contributed by atoms with van der Waals surface area (Å²) in [6, 6.07) is 5.59. The number of hydrogen-bond donors (Lipinski definition) is 0. The maximum atomic E-state index is 11.7. The van der Waals surface area contributed by atoms with Crippen molar-refractivity contribution in [3.63, 3.8) is 0 Å². The third-order valence-electron chi connectivity index (χ3n) is 2.54. The molecule has 2 aromatic rings. The van der Waals surface area contributed by atoms with Gasteiger partial charge in [-0.15, -0.1) is 5.10 Å². The van der Waals surface area contributed by atoms with Gasteiger partial charge < -0.3 is 9.47 Å². The van der Waals surface area contributed by atoms with Gasteiger partial charge in [-0.25, -0.2) is 9.48 Å². The molecule has 8 heteroatoms. The molecule has 2 rings (SSSR count). The van der Waals surface area contributed by atoms with Gasteiger partial charge in [0, 0.05) is 0 Å². The number of halogens is 1. The van der Waals surface area contributed by atoms with Gasteiger partial charge in [-0.05, 0) is 51.0 Å². The van der Waals surface area contributed by atoms with Crippen molar-refractivity contribution in [1.29, 1.82) is 0 Å². The normalized spacial score (nSPS) is 10.3. The highest BCUT2D eigenvalue weighted by molar-refractivity contribution is 9.10. The number of hydrogen-bond acceptors (Lipinski definition) is 6. The standard InChI is InChI=1S/C12H13BrN4O3/c1-3-20-12(18)11-14-15-16-17(11)7-8-4-5-10(19-2)9(13)6-8/h4-6H,3,7H2,1-2H3. The molecule has 1 heterocycles. The van der Waals surface area contributed by atoms with Gasteiger partial charge in [0.25, 0.3) is 5.82 Å². The van der Waals surface area contributed by atoms with Crippen LogP contribution in [-0.4, -0.2) is 39.9 Å². The Bertz CT molecular complexity index is 614. The summed E-state index contributed by atoms with van der Waals surface area (Å²) in [6.45, 7) is 2.37. The molecule has 106 valence electrons. The van der Waals surface area contributed by atoms with E-state index in [2.05, 4.69) is 31.5 Å². The van der Waals surface area contributed by atoms with Crippen molar-refractivity contribution < 1.29 is 14.3 Å². The number of carbonyl (C=O) groups excluding carboxylic acids is 1. The zero-order chi connectivity index (χ0) is 14.5. The number of nitrogens with zero attached hydrogens (tertiary/aromatic N) is 4. The molecule has 0 aliphatic carbocycles. The Balaban J connectivity index is 2.20. The first-order valence-corrected chi connectivity index (χ1v) is 6.70. The molecule has 0 atom stereocenters. The van der Waals surface area contributed by atoms with Crippen molar-refractivity contribution in [2.24, 2.45) is 0 Å². The summed E-state index contributed by atoms with van der Waals surface area (Å²) >= 11 is 3.41. The van der Waals surface area contributed by atoms with E-state index >= 15 is 0 Å². The van der Waals surface area contributed by atoms with Gasteiger partial charge in [-0.3, -0.25) is 0 Å². The second-order valence-electron chi connectivity index (χ2n) is 3.85. The van der Waals surface area contributed by atoms with Crippen molar-refractivity contribution >= 4 is 21.9 Å². The van der Waals surface area contributed by atoms with Crippen LogP contribution in [0.2, 0.25) is 0 Å². The number of tetrazole rings is 1. The molecule has 0 saturated carbocycles. The average Bonchev–Trinajstić information content (AvgIpc) is 2.87. The Morgan fingerprint density at radius 1 is 1.45 bits per heavy atom. The average molecular weight is 341 g/mol. The second-order valence-corrected chi connectivity index (χ2v) is 4.70. The minimum Gasteiger partial charge on any atom is -0.496 e. The predicted octanol–water partition coefficient (Wildman–Crippen LogP) is 1.67. The third kappa shape index (κ3) is 3.13. The molecular formula is C12H13BrN4O3. The van der Waals surface area contributed by atoms with Crippen LogP contribution < -0.4 is 4.74 Å². The van der Waals surface area contributed by atoms with Gasteiger partial charge in [0.1, 0.15) is 5.75 Å². The van der Waals surface area contributed by atoms with Crippen LogP contribution in [-0.2, 0) is 11.3 Å². The number of carbonyl (C=O) groups is 1. The van der Waals surface area contributed by atoms with E-state index < -0.39 is 5.97 Å². The number of methoxy groups -OCH3 is 1. The lowest BCUT2D eigenvalue weighted by atomic mass is 10.2. The largest absolute Gasteiger partial charge is 0.496 e. The van der Waals surface area contributed by atoms with E-state index in [0.29, 0.717) is 6.54 Å². The zero-order valence-corrected chi connectivity index (χ0v) is 12.6. The van der Waals surface area contributed by atoms with E-state index in [1.807, 2.05) is 18.2 Å². The highest BCUT2D eigenvalue weighted by atomic mass is 79.9. The molecule has 0 saturated heterocycles. The number of aromatic nitrogens is 4. The summed E-state index contributed by atoms with van der Waals surface area (Å²) in [5.74, 6) is 0.278. The summed E-state index contributed by atoms with van der Waals surface area (Å²) in [6.07, 6.45) is 0. The summed E-state index contributed by atoms with van der Waals surface area (Å²) < 4.78 is 12.3. The number of esters is 1. The van der Waals surface area contributed by atoms with Crippen molar-refractivity contribution in [2.75, 3.05) is 13.7 Å². The Labute approximate surface area is 124 Å². The van der Waals surface area contributed by atoms with Gasteiger partial charge in [0.05, 0.1) is 24.7 Å². The van der Waals surface area contributed by atoms with Crippen LogP contribution in [0.25, 0.3) is 0 Å². The highest BCUT2D eigenvalue weighted by Gasteiger charge is 2.17. The molecule has 1 aromatic heterocycles. The molecule has 7 nitrogen and oxygen atoms in total. The maximum absolute atomic E-state index is 11.7. The van der Waals surface area contributed by atoms with Crippen LogP contribution in [0, 0.1) is 0 Å². The Kier molecular flexibility index (Phi) is 4.67. The number of benzene rings is 1. The minimum absolute atomic E-state index is 0.0822. The Morgan fingerprint density at radius 2 is 2.25 bits per heavy atom. The van der Waals surface area contributed by atoms with Crippen LogP contribution >= 0.6 is 15.9 Å². The molecule has 0 aliphatic heterocycles. The molecule has 0 radical (unpaired) electrons. The van der Waals surface area contributed by atoms with Crippen LogP contribution in [0.5, 0.6) is 5.75 Å². The Morgan fingerprint density at radius 3 is 2.90 bits per heavy atom. The molecule has 0 fully saturated rings. The first kappa shape index (κ1) is 14.4. The third-order valence-corrected chi connectivity index (χ3v) is 3.16. The molecule has 0 spiro atoms. The van der Waals surface area contributed by atoms with Gasteiger partial charge in [0.2, 0.25) is 0 Å². The summed E-state index contributed by atoms with van der Waals surface area (Å²) in [5.41, 5.74) is 0.926. The first-order valence-electron chi connectivity index (χ1n) is 5.91. The quantitative estimate of drug-likeness (QED) is 0.770. The van der Waals surface area contributed by atoms with E-state index in [1.165, 1.54) is 4.68 Å². The van der Waals surface area contributed by atoms with E-state index in [0.717, 1.165) is 15.8 Å². The zero-order valence-electron chi connectivity index (χ0n) is 11.0. The van der Waals surface area contributed by atoms with E-state index in [1.54, 1.807) is 14.0 Å². The van der Waals surface area contributed by atoms with E-state index in [9.17, 15) is 4.79 Å². The SMILES string of the molecule is CCOC(=O)c1nnnn1Cc1ccc(OC)c(Br)c1. The highest BCUT2D eigenvalue weighted by Crippen LogP contribution is 2.25. The topological polar surface area (TPSA) is 79.1 Å². The smallest absolute Gasteiger partial charge is 0.378 e. The van der Waals surface area contributed by atoms with Crippen molar-refractivity contribution in [1.82, 2.24) is 20.2 Å². The van der Waals surface area contributed by atoms with Crippen molar-refractivity contribution in [3.8, 4) is 5.75 Å². The molecule has 0 amide bonds. The molecule has 1 aromatic carbocycles. The lowest BCUT2D eigenvalue weighted by Crippen LogP contribution is -2.15. The summed E-state index contributed by atoms with van der Waals surface area (Å²) in [5, 5.41) is 11.0. The van der Waals surface area contributed by atoms with Crippen LogP contribution in [0.3, 0.4) is 0 Å². The lowest BCUT2D eigenvalue weighted by Gasteiger charge is -2.07. The first-order chi connectivity index (χ1) is 9.65. The van der Waals surface area contributed by atoms with Gasteiger partial charge >= 0.3 is 5.97 Å². The predicted molar refractivity (Wildman–Crippen MR) is 73.6 cm³/mol. The van der Waals surface area contributed by atoms with Crippen LogP contribution in [0.4, 0.5) is 0 Å². The molecule has 0 unspecified atom stereocenters. The van der Waals surface area contributed by atoms with Crippen molar-refractivity contribution in [3.05, 3.63) is 34.1 Å². The Hall–Kier alpha value is -1.96. The van der Waals surface area contributed by atoms with Gasteiger partial charge in [-0.1, -0.05) is 6.07 Å². The summed E-state index contributed by atoms with van der Waals surface area (Å²) in [7, 11) is 1.60. The van der Waals surface area contributed by atoms with Gasteiger partial charge in [0.15, 0.2) is 0 Å². The van der Waals surface area contributed by atoms with Crippen LogP contribution in [0.15, 0.2) is 22.7 Å². The molecule has 0 N–H and O–H groups in total. The second kappa shape index (κ2) is 6.47. The molecule has 0 bridgehead atoms. The molecule has 0 aliphatic rings. The van der Waals surface area contributed by atoms with Crippen molar-refractivity contribution in [2.45, 2.75) is 13.5 Å². The van der Waals surface area contributed by atoms with Gasteiger partial charge in [-0.2, -0.15) is 0 Å². The van der Waals surface area contributed by atoms with Crippen LogP contribution in [0.1, 0.15) is 23.1 Å². The fourth-order valence-corrected chi connectivity index (χ4v) is 2.22. The number of ether oxygens (including phenoxy) is 2. The summed E-state index contributed by atoms with van der Waals surface area (Å²) in [4.78, 5) is 11.7. The maximum Gasteiger partial charge on any atom is 0.378 e. The fraction of sp³-hybridized carbons (Fsp3) is 0.333. The van der Waals surface area contributed by atoms with E-state index in [4.69, 9.17) is 9.47 Å². The molecule has 20 heavy (non-hydrogen) atoms. The molecular weight excluding hydrogens is 328 g/mol. The minimum atomic E-state index is -0.537. The monoisotopic (exact) mass is 340 g/mol. The van der Waals surface area contributed by atoms with E-state index in [-0.39, 0.29) is 12.4 Å². The number of rotatable bonds is 5. The fourth-order valence-electron chi connectivity index (χ4n) is 1.63.